The number of thioether (sulfide) groups is 1. The van der Waals surface area contributed by atoms with Gasteiger partial charge < -0.3 is 5.32 Å². The van der Waals surface area contributed by atoms with Crippen LogP contribution in [0.3, 0.4) is 0 Å². The first-order valence-electron chi connectivity index (χ1n) is 5.57. The molecule has 0 aliphatic carbocycles. The highest BCUT2D eigenvalue weighted by atomic mass is 35.5. The Bertz CT molecular complexity index is 574. The number of halogens is 2. The first-order valence-corrected chi connectivity index (χ1v) is 6.93. The molecule has 2 aromatic carbocycles. The average molecular weight is 296 g/mol. The maximum atomic E-state index is 12.7. The van der Waals surface area contributed by atoms with Crippen molar-refractivity contribution in [3.8, 4) is 0 Å². The fraction of sp³-hybridized carbons (Fsp3) is 0.0714. The molecule has 0 aromatic heterocycles. The number of carbonyl (C=O) groups is 1. The van der Waals surface area contributed by atoms with E-state index in [1.54, 1.807) is 12.1 Å². The molecule has 2 nitrogen and oxygen atoms in total. The van der Waals surface area contributed by atoms with Gasteiger partial charge in [0.1, 0.15) is 5.82 Å². The van der Waals surface area contributed by atoms with Gasteiger partial charge in [-0.05, 0) is 42.5 Å². The van der Waals surface area contributed by atoms with Crippen LogP contribution in [0.15, 0.2) is 53.4 Å². The van der Waals surface area contributed by atoms with Gasteiger partial charge in [0.25, 0.3) is 0 Å². The fourth-order valence-corrected chi connectivity index (χ4v) is 2.45. The Morgan fingerprint density at radius 3 is 2.63 bits per heavy atom. The minimum Gasteiger partial charge on any atom is -0.325 e. The SMILES string of the molecule is O=C(CSc1cccc(Cl)c1)Nc1ccc(F)cc1. The van der Waals surface area contributed by atoms with Crippen LogP contribution in [0, 0.1) is 5.82 Å². The summed E-state index contributed by atoms with van der Waals surface area (Å²) in [4.78, 5) is 12.6. The van der Waals surface area contributed by atoms with Gasteiger partial charge in [0.15, 0.2) is 0 Å². The van der Waals surface area contributed by atoms with Crippen LogP contribution in [0.4, 0.5) is 10.1 Å². The van der Waals surface area contributed by atoms with Crippen molar-refractivity contribution in [3.05, 3.63) is 59.4 Å². The van der Waals surface area contributed by atoms with Crippen LogP contribution in [-0.2, 0) is 4.79 Å². The second-order valence-electron chi connectivity index (χ2n) is 3.80. The Labute approximate surface area is 120 Å². The van der Waals surface area contributed by atoms with Crippen LogP contribution in [0.5, 0.6) is 0 Å². The summed E-state index contributed by atoms with van der Waals surface area (Å²) in [7, 11) is 0. The predicted octanol–water partition coefficient (Wildman–Crippen LogP) is 4.21. The Balaban J connectivity index is 1.86. The van der Waals surface area contributed by atoms with Crippen molar-refractivity contribution < 1.29 is 9.18 Å². The van der Waals surface area contributed by atoms with Gasteiger partial charge in [0.05, 0.1) is 5.75 Å². The van der Waals surface area contributed by atoms with Crippen LogP contribution in [0.2, 0.25) is 5.02 Å². The summed E-state index contributed by atoms with van der Waals surface area (Å²) in [5, 5.41) is 3.34. The van der Waals surface area contributed by atoms with E-state index in [0.29, 0.717) is 10.7 Å². The van der Waals surface area contributed by atoms with Gasteiger partial charge in [-0.15, -0.1) is 11.8 Å². The summed E-state index contributed by atoms with van der Waals surface area (Å²) >= 11 is 7.25. The highest BCUT2D eigenvalue weighted by molar-refractivity contribution is 8.00. The summed E-state index contributed by atoms with van der Waals surface area (Å²) in [6.07, 6.45) is 0. The third-order valence-electron chi connectivity index (χ3n) is 2.29. The Morgan fingerprint density at radius 1 is 1.21 bits per heavy atom. The van der Waals surface area contributed by atoms with Crippen molar-refractivity contribution in [2.24, 2.45) is 0 Å². The molecule has 0 heterocycles. The fourth-order valence-electron chi connectivity index (χ4n) is 1.44. The lowest BCUT2D eigenvalue weighted by Crippen LogP contribution is -2.13. The largest absolute Gasteiger partial charge is 0.325 e. The number of amides is 1. The molecule has 0 bridgehead atoms. The van der Waals surface area contributed by atoms with E-state index in [2.05, 4.69) is 5.32 Å². The maximum Gasteiger partial charge on any atom is 0.234 e. The van der Waals surface area contributed by atoms with Gasteiger partial charge in [0.2, 0.25) is 5.91 Å². The van der Waals surface area contributed by atoms with E-state index in [1.165, 1.54) is 36.0 Å². The molecule has 2 rings (SSSR count). The second kappa shape index (κ2) is 6.59. The Hall–Kier alpha value is -1.52. The van der Waals surface area contributed by atoms with Crippen LogP contribution >= 0.6 is 23.4 Å². The monoisotopic (exact) mass is 295 g/mol. The van der Waals surface area contributed by atoms with Gasteiger partial charge in [-0.2, -0.15) is 0 Å². The quantitative estimate of drug-likeness (QED) is 0.856. The first kappa shape index (κ1) is 13.9. The second-order valence-corrected chi connectivity index (χ2v) is 5.29. The molecule has 0 saturated carbocycles. The van der Waals surface area contributed by atoms with E-state index in [0.717, 1.165) is 4.90 Å². The number of carbonyl (C=O) groups excluding carboxylic acids is 1. The Morgan fingerprint density at radius 2 is 1.95 bits per heavy atom. The summed E-state index contributed by atoms with van der Waals surface area (Å²) in [5.41, 5.74) is 0.582. The van der Waals surface area contributed by atoms with Gasteiger partial charge in [-0.25, -0.2) is 4.39 Å². The predicted molar refractivity (Wildman–Crippen MR) is 77.2 cm³/mol. The standard InChI is InChI=1S/C14H11ClFNOS/c15-10-2-1-3-13(8-10)19-9-14(18)17-12-6-4-11(16)5-7-12/h1-8H,9H2,(H,17,18). The molecule has 0 atom stereocenters. The van der Waals surface area contributed by atoms with E-state index in [1.807, 2.05) is 12.1 Å². The molecular formula is C14H11ClFNOS. The molecule has 0 saturated heterocycles. The van der Waals surface area contributed by atoms with Crippen molar-refractivity contribution in [3.63, 3.8) is 0 Å². The smallest absolute Gasteiger partial charge is 0.234 e. The zero-order valence-electron chi connectivity index (χ0n) is 9.90. The molecule has 98 valence electrons. The maximum absolute atomic E-state index is 12.7. The lowest BCUT2D eigenvalue weighted by molar-refractivity contribution is -0.113. The van der Waals surface area contributed by atoms with Gasteiger partial charge >= 0.3 is 0 Å². The molecule has 2 aromatic rings. The zero-order valence-corrected chi connectivity index (χ0v) is 11.5. The van der Waals surface area contributed by atoms with Crippen LogP contribution in [0.1, 0.15) is 0 Å². The van der Waals surface area contributed by atoms with Crippen molar-refractivity contribution in [1.29, 1.82) is 0 Å². The minimum atomic E-state index is -0.327. The van der Waals surface area contributed by atoms with Crippen molar-refractivity contribution in [1.82, 2.24) is 0 Å². The lowest BCUT2D eigenvalue weighted by Gasteiger charge is -2.05. The normalized spacial score (nSPS) is 10.2. The van der Waals surface area contributed by atoms with E-state index >= 15 is 0 Å². The number of hydrogen-bond donors (Lipinski definition) is 1. The van der Waals surface area contributed by atoms with Crippen LogP contribution in [0.25, 0.3) is 0 Å². The molecule has 0 fully saturated rings. The highest BCUT2D eigenvalue weighted by Gasteiger charge is 2.04. The topological polar surface area (TPSA) is 29.1 Å². The van der Waals surface area contributed by atoms with E-state index in [9.17, 15) is 9.18 Å². The summed E-state index contributed by atoms with van der Waals surface area (Å²) < 4.78 is 12.7. The summed E-state index contributed by atoms with van der Waals surface area (Å²) in [5.74, 6) is -0.194. The minimum absolute atomic E-state index is 0.142. The molecule has 0 radical (unpaired) electrons. The van der Waals surface area contributed by atoms with Crippen molar-refractivity contribution in [2.45, 2.75) is 4.90 Å². The molecular weight excluding hydrogens is 285 g/mol. The van der Waals surface area contributed by atoms with Crippen molar-refractivity contribution in [2.75, 3.05) is 11.1 Å². The number of hydrogen-bond acceptors (Lipinski definition) is 2. The lowest BCUT2D eigenvalue weighted by atomic mass is 10.3. The van der Waals surface area contributed by atoms with Crippen LogP contribution in [-0.4, -0.2) is 11.7 Å². The van der Waals surface area contributed by atoms with Crippen LogP contribution < -0.4 is 5.32 Å². The molecule has 0 aliphatic heterocycles. The van der Waals surface area contributed by atoms with Gasteiger partial charge in [0, 0.05) is 15.6 Å². The molecule has 5 heteroatoms. The number of anilines is 1. The molecule has 0 aliphatic rings. The van der Waals surface area contributed by atoms with Gasteiger partial charge in [-0.3, -0.25) is 4.79 Å². The first-order chi connectivity index (χ1) is 9.13. The number of nitrogens with one attached hydrogen (secondary N) is 1. The van der Waals surface area contributed by atoms with Gasteiger partial charge in [-0.1, -0.05) is 17.7 Å². The van der Waals surface area contributed by atoms with E-state index < -0.39 is 0 Å². The number of rotatable bonds is 4. The third-order valence-corrected chi connectivity index (χ3v) is 3.52. The summed E-state index contributed by atoms with van der Waals surface area (Å²) in [6.45, 7) is 0. The molecule has 1 N–H and O–H groups in total. The summed E-state index contributed by atoms with van der Waals surface area (Å²) in [6, 6.07) is 13.0. The van der Waals surface area contributed by atoms with E-state index in [4.69, 9.17) is 11.6 Å². The van der Waals surface area contributed by atoms with E-state index in [-0.39, 0.29) is 17.5 Å². The van der Waals surface area contributed by atoms with Crippen molar-refractivity contribution >= 4 is 35.0 Å². The molecule has 0 unspecified atom stereocenters. The highest BCUT2D eigenvalue weighted by Crippen LogP contribution is 2.21. The molecule has 1 amide bonds. The molecule has 0 spiro atoms. The average Bonchev–Trinajstić information content (AvgIpc) is 2.39. The zero-order chi connectivity index (χ0) is 13.7. The number of benzene rings is 2. The third kappa shape index (κ3) is 4.58. The molecule has 19 heavy (non-hydrogen) atoms. The Kier molecular flexibility index (Phi) is 4.82.